The van der Waals surface area contributed by atoms with Crippen molar-refractivity contribution in [3.8, 4) is 0 Å². The van der Waals surface area contributed by atoms with Crippen molar-refractivity contribution in [1.29, 1.82) is 0 Å². The molecular weight excluding hydrogens is 443 g/mol. The van der Waals surface area contributed by atoms with Gasteiger partial charge in [-0.05, 0) is 66.9 Å². The second kappa shape index (κ2) is 8.48. The van der Waals surface area contributed by atoms with Crippen LogP contribution in [-0.2, 0) is 4.79 Å². The van der Waals surface area contributed by atoms with Gasteiger partial charge in [-0.25, -0.2) is 14.2 Å². The van der Waals surface area contributed by atoms with Gasteiger partial charge in [0.05, 0.1) is 11.5 Å². The first-order valence-corrected chi connectivity index (χ1v) is 11.2. The number of hydrogen-bond donors (Lipinski definition) is 1. The molecule has 2 aromatic carbocycles. The minimum atomic E-state index is -0.621. The van der Waals surface area contributed by atoms with E-state index < -0.39 is 5.41 Å². The Morgan fingerprint density at radius 3 is 2.36 bits per heavy atom. The standard InChI is InChI=1S/C25H22ClFN4O2/c26-18-6-4-17(5-7-18)22-25(23(32)31(22)20-10-8-19(27)9-11-20)12-15-30(16-13-25)24(33)29-21-3-1-2-14-28-21/h1-11,14,22H,12-13,15-16H2,(H,28,29,33). The monoisotopic (exact) mass is 464 g/mol. The highest BCUT2D eigenvalue weighted by Gasteiger charge is 2.62. The smallest absolute Gasteiger partial charge is 0.323 e. The van der Waals surface area contributed by atoms with E-state index in [2.05, 4.69) is 10.3 Å². The minimum Gasteiger partial charge on any atom is -0.324 e. The Kier molecular flexibility index (Phi) is 5.50. The highest BCUT2D eigenvalue weighted by molar-refractivity contribution is 6.30. The molecule has 3 aromatic rings. The third-order valence-electron chi connectivity index (χ3n) is 6.56. The van der Waals surface area contributed by atoms with Crippen molar-refractivity contribution in [2.24, 2.45) is 5.41 Å². The second-order valence-electron chi connectivity index (χ2n) is 8.39. The quantitative estimate of drug-likeness (QED) is 0.536. The van der Waals surface area contributed by atoms with Crippen LogP contribution in [0.2, 0.25) is 5.02 Å². The van der Waals surface area contributed by atoms with Gasteiger partial charge in [0, 0.05) is 30.0 Å². The maximum absolute atomic E-state index is 13.5. The first-order chi connectivity index (χ1) is 16.0. The van der Waals surface area contributed by atoms with Gasteiger partial charge in [-0.1, -0.05) is 29.8 Å². The maximum atomic E-state index is 13.5. The summed E-state index contributed by atoms with van der Waals surface area (Å²) in [7, 11) is 0. The lowest BCUT2D eigenvalue weighted by Crippen LogP contribution is -2.67. The lowest BCUT2D eigenvalue weighted by Gasteiger charge is -2.59. The SMILES string of the molecule is O=C(Nc1ccccn1)N1CCC2(CC1)C(=O)N(c1ccc(F)cc1)C2c1ccc(Cl)cc1. The number of halogens is 2. The zero-order valence-electron chi connectivity index (χ0n) is 17.7. The summed E-state index contributed by atoms with van der Waals surface area (Å²) in [5.74, 6) is 0.139. The van der Waals surface area contributed by atoms with Crippen LogP contribution in [0.3, 0.4) is 0 Å². The fourth-order valence-corrected chi connectivity index (χ4v) is 4.98. The van der Waals surface area contributed by atoms with E-state index in [1.807, 2.05) is 30.3 Å². The number of anilines is 2. The third-order valence-corrected chi connectivity index (χ3v) is 6.81. The van der Waals surface area contributed by atoms with Crippen molar-refractivity contribution < 1.29 is 14.0 Å². The molecule has 1 spiro atoms. The molecule has 6 nitrogen and oxygen atoms in total. The molecule has 1 atom stereocenters. The lowest BCUT2D eigenvalue weighted by atomic mass is 9.62. The number of carbonyl (C=O) groups is 2. The van der Waals surface area contributed by atoms with Gasteiger partial charge in [0.2, 0.25) is 5.91 Å². The number of aromatic nitrogens is 1. The van der Waals surface area contributed by atoms with Crippen molar-refractivity contribution in [2.75, 3.05) is 23.3 Å². The van der Waals surface area contributed by atoms with Gasteiger partial charge in [0.15, 0.2) is 0 Å². The molecule has 0 saturated carbocycles. The van der Waals surface area contributed by atoms with Gasteiger partial charge in [0.25, 0.3) is 0 Å². The average molecular weight is 465 g/mol. The Hall–Kier alpha value is -3.45. The Morgan fingerprint density at radius 2 is 1.73 bits per heavy atom. The molecule has 1 N–H and O–H groups in total. The first-order valence-electron chi connectivity index (χ1n) is 10.8. The third kappa shape index (κ3) is 3.82. The summed E-state index contributed by atoms with van der Waals surface area (Å²) < 4.78 is 13.5. The summed E-state index contributed by atoms with van der Waals surface area (Å²) in [6.07, 6.45) is 2.69. The molecule has 168 valence electrons. The van der Waals surface area contributed by atoms with Crippen LogP contribution in [0.5, 0.6) is 0 Å². The number of nitrogens with one attached hydrogen (secondary N) is 1. The summed E-state index contributed by atoms with van der Waals surface area (Å²) in [6, 6.07) is 18.3. The Labute approximate surface area is 196 Å². The fraction of sp³-hybridized carbons (Fsp3) is 0.240. The van der Waals surface area contributed by atoms with Crippen LogP contribution in [0, 0.1) is 11.2 Å². The van der Waals surface area contributed by atoms with Crippen LogP contribution in [0.25, 0.3) is 0 Å². The lowest BCUT2D eigenvalue weighted by molar-refractivity contribution is -0.144. The van der Waals surface area contributed by atoms with Gasteiger partial charge in [-0.15, -0.1) is 0 Å². The van der Waals surface area contributed by atoms with Crippen LogP contribution in [0.4, 0.5) is 20.7 Å². The molecule has 2 fully saturated rings. The van der Waals surface area contributed by atoms with Gasteiger partial charge in [-0.3, -0.25) is 10.1 Å². The summed E-state index contributed by atoms with van der Waals surface area (Å²) in [5.41, 5.74) is 1.00. The van der Waals surface area contributed by atoms with Crippen molar-refractivity contribution in [3.05, 3.63) is 89.3 Å². The normalized spacial score (nSPS) is 19.3. The maximum Gasteiger partial charge on any atom is 0.323 e. The molecular formula is C25H22ClFN4O2. The molecule has 2 saturated heterocycles. The number of pyridine rings is 1. The minimum absolute atomic E-state index is 0.00107. The molecule has 1 unspecified atom stereocenters. The zero-order valence-corrected chi connectivity index (χ0v) is 18.5. The zero-order chi connectivity index (χ0) is 23.0. The van der Waals surface area contributed by atoms with E-state index in [4.69, 9.17) is 11.6 Å². The predicted octanol–water partition coefficient (Wildman–Crippen LogP) is 5.28. The number of β-lactam (4-membered cyclic amide) rings is 1. The van der Waals surface area contributed by atoms with E-state index in [-0.39, 0.29) is 23.8 Å². The first kappa shape index (κ1) is 21.4. The molecule has 33 heavy (non-hydrogen) atoms. The number of likely N-dealkylation sites (tertiary alicyclic amines) is 1. The summed E-state index contributed by atoms with van der Waals surface area (Å²) in [5, 5.41) is 3.42. The summed E-state index contributed by atoms with van der Waals surface area (Å²) >= 11 is 6.10. The highest BCUT2D eigenvalue weighted by atomic mass is 35.5. The molecule has 3 heterocycles. The molecule has 3 amide bonds. The van der Waals surface area contributed by atoms with E-state index in [1.165, 1.54) is 12.1 Å². The van der Waals surface area contributed by atoms with Gasteiger partial charge in [-0.2, -0.15) is 0 Å². The summed E-state index contributed by atoms with van der Waals surface area (Å²) in [4.78, 5) is 33.8. The van der Waals surface area contributed by atoms with E-state index in [9.17, 15) is 14.0 Å². The number of rotatable bonds is 3. The van der Waals surface area contributed by atoms with Crippen LogP contribution < -0.4 is 10.2 Å². The van der Waals surface area contributed by atoms with Crippen molar-refractivity contribution in [1.82, 2.24) is 9.88 Å². The molecule has 0 bridgehead atoms. The molecule has 8 heteroatoms. The number of carbonyl (C=O) groups excluding carboxylic acids is 2. The highest BCUT2D eigenvalue weighted by Crippen LogP contribution is 2.57. The average Bonchev–Trinajstić information content (AvgIpc) is 2.84. The van der Waals surface area contributed by atoms with Crippen molar-refractivity contribution >= 4 is 35.0 Å². The number of benzene rings is 2. The Balaban J connectivity index is 1.38. The predicted molar refractivity (Wildman–Crippen MR) is 125 cm³/mol. The Bertz CT molecular complexity index is 1160. The molecule has 0 aliphatic carbocycles. The van der Waals surface area contributed by atoms with Crippen LogP contribution in [0.15, 0.2) is 72.9 Å². The molecule has 2 aliphatic rings. The van der Waals surface area contributed by atoms with Crippen LogP contribution in [0.1, 0.15) is 24.4 Å². The number of nitrogens with zero attached hydrogens (tertiary/aromatic N) is 3. The Morgan fingerprint density at radius 1 is 1.03 bits per heavy atom. The second-order valence-corrected chi connectivity index (χ2v) is 8.83. The number of urea groups is 1. The summed E-state index contributed by atoms with van der Waals surface area (Å²) in [6.45, 7) is 0.900. The molecule has 5 rings (SSSR count). The fourth-order valence-electron chi connectivity index (χ4n) is 4.86. The number of piperidine rings is 1. The molecule has 2 aliphatic heterocycles. The molecule has 1 aromatic heterocycles. The van der Waals surface area contributed by atoms with Crippen molar-refractivity contribution in [3.63, 3.8) is 0 Å². The van der Waals surface area contributed by atoms with Gasteiger partial charge in [0.1, 0.15) is 11.6 Å². The van der Waals surface area contributed by atoms with Crippen molar-refractivity contribution in [2.45, 2.75) is 18.9 Å². The number of hydrogen-bond acceptors (Lipinski definition) is 3. The van der Waals surface area contributed by atoms with E-state index in [0.29, 0.717) is 42.5 Å². The van der Waals surface area contributed by atoms with Gasteiger partial charge >= 0.3 is 6.03 Å². The van der Waals surface area contributed by atoms with Gasteiger partial charge < -0.3 is 9.80 Å². The van der Waals surface area contributed by atoms with E-state index in [1.54, 1.807) is 40.3 Å². The van der Waals surface area contributed by atoms with E-state index in [0.717, 1.165) is 5.56 Å². The largest absolute Gasteiger partial charge is 0.324 e. The van der Waals surface area contributed by atoms with Crippen LogP contribution in [-0.4, -0.2) is 34.9 Å². The molecule has 0 radical (unpaired) electrons. The topological polar surface area (TPSA) is 65.5 Å². The van der Waals surface area contributed by atoms with Crippen LogP contribution >= 0.6 is 11.6 Å². The van der Waals surface area contributed by atoms with E-state index >= 15 is 0 Å². The number of amides is 3.